The van der Waals surface area contributed by atoms with Gasteiger partial charge in [0.25, 0.3) is 10.1 Å². The third-order valence-corrected chi connectivity index (χ3v) is 7.21. The van der Waals surface area contributed by atoms with Gasteiger partial charge in [-0.3, -0.25) is 9.35 Å². The summed E-state index contributed by atoms with van der Waals surface area (Å²) in [7, 11) is -4.31. The summed E-state index contributed by atoms with van der Waals surface area (Å²) < 4.78 is 32.0. The molecule has 1 amide bonds. The summed E-state index contributed by atoms with van der Waals surface area (Å²) in [4.78, 5) is 12.3. The molecule has 0 bridgehead atoms. The fourth-order valence-corrected chi connectivity index (χ4v) is 4.86. The van der Waals surface area contributed by atoms with Crippen molar-refractivity contribution in [3.63, 3.8) is 0 Å². The molecule has 0 rings (SSSR count). The predicted octanol–water partition coefficient (Wildman–Crippen LogP) is 8.34. The maximum absolute atomic E-state index is 12.3. The topological polar surface area (TPSA) is 104 Å². The normalized spacial score (nSPS) is 14.5. The standard InChI is InChI=1S/C34H57NO5S/c1-3-5-7-9-10-11-12-13-14-15-16-17-18-19-20-21-22-23-24-26-28-30-34(37)35-32(31-41(38,39)40)33(36)29-27-25-8-6-4-2/h5,7,10-11,13-14,16-17,19-20,22-23,32-33,36H,3-4,6,8-9,12,15,18,21,24-31H2,1-2H3,(H,35,37)(H,38,39,40)/b7-5-,11-10-,14-13-,17-16-,20-19-,23-22-. The second kappa shape index (κ2) is 27.9. The van der Waals surface area contributed by atoms with Crippen molar-refractivity contribution >= 4 is 16.0 Å². The molecule has 0 radical (unpaired) electrons. The van der Waals surface area contributed by atoms with Crippen molar-refractivity contribution in [3.05, 3.63) is 72.9 Å². The van der Waals surface area contributed by atoms with Crippen molar-refractivity contribution in [2.45, 2.75) is 129 Å². The maximum atomic E-state index is 12.3. The number of carbonyl (C=O) groups is 1. The summed E-state index contributed by atoms with van der Waals surface area (Å²) in [6, 6.07) is -0.993. The molecule has 2 unspecified atom stereocenters. The molecular formula is C34H57NO5S. The van der Waals surface area contributed by atoms with Gasteiger partial charge >= 0.3 is 0 Å². The minimum absolute atomic E-state index is 0.258. The summed E-state index contributed by atoms with van der Waals surface area (Å²) in [6.07, 6.45) is 38.9. The minimum atomic E-state index is -4.31. The van der Waals surface area contributed by atoms with Crippen molar-refractivity contribution in [3.8, 4) is 0 Å². The molecule has 0 aliphatic heterocycles. The summed E-state index contributed by atoms with van der Waals surface area (Å²) >= 11 is 0. The van der Waals surface area contributed by atoms with E-state index in [-0.39, 0.29) is 12.3 Å². The zero-order valence-electron chi connectivity index (χ0n) is 25.6. The molecule has 0 aromatic rings. The molecule has 0 fully saturated rings. The van der Waals surface area contributed by atoms with Crippen LogP contribution in [0.3, 0.4) is 0 Å². The van der Waals surface area contributed by atoms with E-state index in [0.29, 0.717) is 12.8 Å². The number of carbonyl (C=O) groups excluding carboxylic acids is 1. The average molecular weight is 592 g/mol. The van der Waals surface area contributed by atoms with Gasteiger partial charge in [-0.2, -0.15) is 8.42 Å². The highest BCUT2D eigenvalue weighted by Gasteiger charge is 2.25. The van der Waals surface area contributed by atoms with Gasteiger partial charge in [-0.1, -0.05) is 119 Å². The molecular weight excluding hydrogens is 534 g/mol. The third-order valence-electron chi connectivity index (χ3n) is 6.43. The van der Waals surface area contributed by atoms with Gasteiger partial charge < -0.3 is 10.4 Å². The van der Waals surface area contributed by atoms with Crippen LogP contribution in [-0.2, 0) is 14.9 Å². The molecule has 0 aliphatic carbocycles. The summed E-state index contributed by atoms with van der Waals surface area (Å²) in [5.41, 5.74) is 0. The van der Waals surface area contributed by atoms with Crippen LogP contribution in [0.25, 0.3) is 0 Å². The third kappa shape index (κ3) is 29.1. The number of hydrogen-bond donors (Lipinski definition) is 3. The first-order valence-corrected chi connectivity index (χ1v) is 17.2. The van der Waals surface area contributed by atoms with Gasteiger partial charge in [0.05, 0.1) is 17.9 Å². The second-order valence-electron chi connectivity index (χ2n) is 10.4. The van der Waals surface area contributed by atoms with E-state index in [0.717, 1.165) is 83.5 Å². The van der Waals surface area contributed by atoms with E-state index in [4.69, 9.17) is 0 Å². The van der Waals surface area contributed by atoms with Crippen molar-refractivity contribution in [1.29, 1.82) is 0 Å². The molecule has 6 nitrogen and oxygen atoms in total. The molecule has 0 aromatic heterocycles. The van der Waals surface area contributed by atoms with Gasteiger partial charge in [-0.15, -0.1) is 0 Å². The van der Waals surface area contributed by atoms with Crippen molar-refractivity contribution in [1.82, 2.24) is 5.32 Å². The Morgan fingerprint density at radius 3 is 1.66 bits per heavy atom. The number of amides is 1. The van der Waals surface area contributed by atoms with Crippen LogP contribution in [0, 0.1) is 0 Å². The molecule has 3 N–H and O–H groups in total. The first-order chi connectivity index (χ1) is 19.8. The smallest absolute Gasteiger partial charge is 0.266 e. The average Bonchev–Trinajstić information content (AvgIpc) is 2.92. The molecule has 0 aliphatic rings. The molecule has 7 heteroatoms. The minimum Gasteiger partial charge on any atom is -0.391 e. The molecule has 234 valence electrons. The Kier molecular flexibility index (Phi) is 26.4. The Morgan fingerprint density at radius 2 is 1.17 bits per heavy atom. The molecule has 0 heterocycles. The highest BCUT2D eigenvalue weighted by Crippen LogP contribution is 2.12. The largest absolute Gasteiger partial charge is 0.391 e. The lowest BCUT2D eigenvalue weighted by Gasteiger charge is -2.23. The van der Waals surface area contributed by atoms with Gasteiger partial charge in [0.15, 0.2) is 0 Å². The fraction of sp³-hybridized carbons (Fsp3) is 0.618. The zero-order chi connectivity index (χ0) is 30.4. The number of hydrogen-bond acceptors (Lipinski definition) is 4. The van der Waals surface area contributed by atoms with Crippen LogP contribution in [0.15, 0.2) is 72.9 Å². The van der Waals surface area contributed by atoms with Crippen LogP contribution in [-0.4, -0.2) is 41.9 Å². The van der Waals surface area contributed by atoms with Crippen LogP contribution in [0.2, 0.25) is 0 Å². The molecule has 0 saturated heterocycles. The Morgan fingerprint density at radius 1 is 0.683 bits per heavy atom. The highest BCUT2D eigenvalue weighted by molar-refractivity contribution is 7.85. The Balaban J connectivity index is 4.02. The number of unbranched alkanes of at least 4 members (excludes halogenated alkanes) is 6. The van der Waals surface area contributed by atoms with E-state index in [1.807, 2.05) is 0 Å². The molecule has 2 atom stereocenters. The monoisotopic (exact) mass is 591 g/mol. The van der Waals surface area contributed by atoms with Gasteiger partial charge in [-0.25, -0.2) is 0 Å². The Hall–Kier alpha value is -2.22. The van der Waals surface area contributed by atoms with Crippen LogP contribution < -0.4 is 5.32 Å². The number of aliphatic hydroxyl groups is 1. The van der Waals surface area contributed by atoms with Crippen LogP contribution in [0.1, 0.15) is 117 Å². The molecule has 0 aromatic carbocycles. The van der Waals surface area contributed by atoms with Crippen LogP contribution in [0.4, 0.5) is 0 Å². The van der Waals surface area contributed by atoms with E-state index in [9.17, 15) is 22.9 Å². The summed E-state index contributed by atoms with van der Waals surface area (Å²) in [6.45, 7) is 4.26. The van der Waals surface area contributed by atoms with Gasteiger partial charge in [0.2, 0.25) is 5.91 Å². The molecule has 0 spiro atoms. The summed E-state index contributed by atoms with van der Waals surface area (Å²) in [5, 5.41) is 13.0. The second-order valence-corrected chi connectivity index (χ2v) is 11.9. The van der Waals surface area contributed by atoms with Gasteiger partial charge in [0.1, 0.15) is 0 Å². The first kappa shape index (κ1) is 38.8. The zero-order valence-corrected chi connectivity index (χ0v) is 26.4. The van der Waals surface area contributed by atoms with Gasteiger partial charge in [-0.05, 0) is 64.2 Å². The van der Waals surface area contributed by atoms with Crippen molar-refractivity contribution < 1.29 is 22.9 Å². The molecule has 0 saturated carbocycles. The van der Waals surface area contributed by atoms with E-state index in [1.54, 1.807) is 0 Å². The number of nitrogens with one attached hydrogen (secondary N) is 1. The van der Waals surface area contributed by atoms with Gasteiger partial charge in [0, 0.05) is 6.42 Å². The van der Waals surface area contributed by atoms with Crippen LogP contribution >= 0.6 is 0 Å². The van der Waals surface area contributed by atoms with E-state index in [2.05, 4.69) is 92.1 Å². The predicted molar refractivity (Wildman–Crippen MR) is 174 cm³/mol. The van der Waals surface area contributed by atoms with Crippen molar-refractivity contribution in [2.24, 2.45) is 0 Å². The highest BCUT2D eigenvalue weighted by atomic mass is 32.2. The Labute approximate surface area is 251 Å². The van der Waals surface area contributed by atoms with E-state index in [1.165, 1.54) is 0 Å². The maximum Gasteiger partial charge on any atom is 0.266 e. The number of allylic oxidation sites excluding steroid dienone is 12. The first-order valence-electron chi connectivity index (χ1n) is 15.6. The lowest BCUT2D eigenvalue weighted by molar-refractivity contribution is -0.122. The van der Waals surface area contributed by atoms with E-state index >= 15 is 0 Å². The van der Waals surface area contributed by atoms with E-state index < -0.39 is 28.0 Å². The number of rotatable bonds is 26. The van der Waals surface area contributed by atoms with Crippen LogP contribution in [0.5, 0.6) is 0 Å². The Bertz CT molecular complexity index is 915. The number of aliphatic hydroxyl groups excluding tert-OH is 1. The lowest BCUT2D eigenvalue weighted by Crippen LogP contribution is -2.47. The fourth-order valence-electron chi connectivity index (χ4n) is 4.10. The summed E-state index contributed by atoms with van der Waals surface area (Å²) in [5.74, 6) is -0.973. The lowest BCUT2D eigenvalue weighted by atomic mass is 10.0. The van der Waals surface area contributed by atoms with Crippen molar-refractivity contribution in [2.75, 3.05) is 5.75 Å². The quantitative estimate of drug-likeness (QED) is 0.0533. The SMILES string of the molecule is CC/C=C\C/C=C\C/C=C\C/C=C\C/C=C\C/C=C\CCCCC(=O)NC(CS(=O)(=O)O)C(O)CCCCCCC. The molecule has 41 heavy (non-hydrogen) atoms.